The number of carbonyl (C=O) groups is 1. The second-order valence-electron chi connectivity index (χ2n) is 5.38. The molecule has 0 radical (unpaired) electrons. The predicted molar refractivity (Wildman–Crippen MR) is 87.8 cm³/mol. The highest BCUT2D eigenvalue weighted by Gasteiger charge is 2.11. The molecular weight excluding hydrogens is 301 g/mol. The van der Waals surface area contributed by atoms with Crippen LogP contribution in [0, 0.1) is 19.7 Å². The molecule has 0 aliphatic heterocycles. The number of carbonyl (C=O) groups excluding carboxylic acids is 1. The summed E-state index contributed by atoms with van der Waals surface area (Å²) in [7, 11) is 1.88. The van der Waals surface area contributed by atoms with Gasteiger partial charge < -0.3 is 5.32 Å². The Morgan fingerprint density at radius 3 is 2.86 bits per heavy atom. The molecule has 1 aromatic heterocycles. The van der Waals surface area contributed by atoms with Gasteiger partial charge in [-0.25, -0.2) is 9.37 Å². The van der Waals surface area contributed by atoms with Crippen molar-refractivity contribution in [2.24, 2.45) is 0 Å². The van der Waals surface area contributed by atoms with Crippen LogP contribution in [-0.4, -0.2) is 35.9 Å². The second kappa shape index (κ2) is 7.47. The number of halogens is 1. The van der Waals surface area contributed by atoms with E-state index >= 15 is 0 Å². The smallest absolute Gasteiger partial charge is 0.238 e. The Kier molecular flexibility index (Phi) is 5.63. The number of likely N-dealkylation sites (N-methyl/N-ethyl adjacent to an activating group) is 1. The van der Waals surface area contributed by atoms with Gasteiger partial charge in [-0.1, -0.05) is 6.07 Å². The molecule has 22 heavy (non-hydrogen) atoms. The zero-order valence-electron chi connectivity index (χ0n) is 13.0. The topological polar surface area (TPSA) is 45.2 Å². The van der Waals surface area contributed by atoms with Crippen LogP contribution in [0.1, 0.15) is 16.1 Å². The molecular formula is C16H20FN3OS. The SMILES string of the molecule is Cc1ccc(F)c(NC(=O)CN(C)CCc2scnc2C)c1. The van der Waals surface area contributed by atoms with Crippen LogP contribution in [0.25, 0.3) is 0 Å². The Balaban J connectivity index is 1.83. The fourth-order valence-corrected chi connectivity index (χ4v) is 2.88. The molecule has 0 fully saturated rings. The average molecular weight is 321 g/mol. The number of rotatable bonds is 6. The molecule has 0 aliphatic carbocycles. The first-order valence-electron chi connectivity index (χ1n) is 7.09. The molecule has 0 bridgehead atoms. The van der Waals surface area contributed by atoms with Gasteiger partial charge >= 0.3 is 0 Å². The Morgan fingerprint density at radius 2 is 2.18 bits per heavy atom. The Bertz CT molecular complexity index is 657. The molecule has 0 saturated heterocycles. The van der Waals surface area contributed by atoms with Gasteiger partial charge in [-0.05, 0) is 45.0 Å². The van der Waals surface area contributed by atoms with Crippen molar-refractivity contribution in [3.8, 4) is 0 Å². The van der Waals surface area contributed by atoms with Crippen LogP contribution in [0.4, 0.5) is 10.1 Å². The molecule has 2 aromatic rings. The first kappa shape index (κ1) is 16.6. The summed E-state index contributed by atoms with van der Waals surface area (Å²) in [6.07, 6.45) is 0.860. The van der Waals surface area contributed by atoms with E-state index in [1.54, 1.807) is 23.5 Å². The first-order chi connectivity index (χ1) is 10.5. The lowest BCUT2D eigenvalue weighted by Crippen LogP contribution is -2.31. The summed E-state index contributed by atoms with van der Waals surface area (Å²) in [6, 6.07) is 4.67. The Morgan fingerprint density at radius 1 is 1.41 bits per heavy atom. The maximum Gasteiger partial charge on any atom is 0.238 e. The number of nitrogens with zero attached hydrogens (tertiary/aromatic N) is 2. The standard InChI is InChI=1S/C16H20FN3OS/c1-11-4-5-13(17)14(8-11)19-16(21)9-20(3)7-6-15-12(2)18-10-22-15/h4-5,8,10H,6-7,9H2,1-3H3,(H,19,21). The van der Waals surface area contributed by atoms with Crippen LogP contribution < -0.4 is 5.32 Å². The van der Waals surface area contributed by atoms with Crippen LogP contribution in [0.15, 0.2) is 23.7 Å². The van der Waals surface area contributed by atoms with Gasteiger partial charge in [-0.2, -0.15) is 0 Å². The van der Waals surface area contributed by atoms with E-state index in [-0.39, 0.29) is 18.1 Å². The number of thiazole rings is 1. The molecule has 118 valence electrons. The minimum atomic E-state index is -0.415. The van der Waals surface area contributed by atoms with Gasteiger partial charge in [0.15, 0.2) is 0 Å². The molecule has 1 N–H and O–H groups in total. The molecule has 0 saturated carbocycles. The van der Waals surface area contributed by atoms with Crippen LogP contribution in [-0.2, 0) is 11.2 Å². The molecule has 0 atom stereocenters. The first-order valence-corrected chi connectivity index (χ1v) is 7.97. The fourth-order valence-electron chi connectivity index (χ4n) is 2.11. The van der Waals surface area contributed by atoms with E-state index in [1.165, 1.54) is 10.9 Å². The number of aromatic nitrogens is 1. The van der Waals surface area contributed by atoms with Crippen molar-refractivity contribution in [2.75, 3.05) is 25.5 Å². The van der Waals surface area contributed by atoms with Gasteiger partial charge in [-0.15, -0.1) is 11.3 Å². The number of aryl methyl sites for hydroxylation is 2. The summed E-state index contributed by atoms with van der Waals surface area (Å²) < 4.78 is 13.6. The van der Waals surface area contributed by atoms with Crippen LogP contribution >= 0.6 is 11.3 Å². The van der Waals surface area contributed by atoms with Gasteiger partial charge in [0.05, 0.1) is 23.4 Å². The molecule has 2 rings (SSSR count). The van der Waals surface area contributed by atoms with Gasteiger partial charge in [0.25, 0.3) is 0 Å². The van der Waals surface area contributed by atoms with E-state index in [0.717, 1.165) is 24.2 Å². The van der Waals surface area contributed by atoms with E-state index in [0.29, 0.717) is 0 Å². The Hall–Kier alpha value is -1.79. The lowest BCUT2D eigenvalue weighted by atomic mass is 10.2. The highest BCUT2D eigenvalue weighted by Crippen LogP contribution is 2.16. The summed E-state index contributed by atoms with van der Waals surface area (Å²) in [4.78, 5) is 19.3. The second-order valence-corrected chi connectivity index (χ2v) is 6.32. The van der Waals surface area contributed by atoms with Crippen molar-refractivity contribution >= 4 is 22.9 Å². The Labute approximate surface area is 134 Å². The summed E-state index contributed by atoms with van der Waals surface area (Å²) in [5.41, 5.74) is 4.02. The van der Waals surface area contributed by atoms with E-state index in [1.807, 2.05) is 31.3 Å². The highest BCUT2D eigenvalue weighted by molar-refractivity contribution is 7.09. The molecule has 0 aliphatic rings. The third kappa shape index (κ3) is 4.61. The van der Waals surface area contributed by atoms with E-state index in [9.17, 15) is 9.18 Å². The third-order valence-electron chi connectivity index (χ3n) is 3.37. The van der Waals surface area contributed by atoms with Crippen molar-refractivity contribution in [1.29, 1.82) is 0 Å². The molecule has 0 unspecified atom stereocenters. The van der Waals surface area contributed by atoms with Gasteiger partial charge in [0.2, 0.25) is 5.91 Å². The molecule has 1 amide bonds. The number of hydrogen-bond acceptors (Lipinski definition) is 4. The number of amides is 1. The lowest BCUT2D eigenvalue weighted by molar-refractivity contribution is -0.117. The zero-order valence-corrected chi connectivity index (χ0v) is 13.8. The van der Waals surface area contributed by atoms with Gasteiger partial charge in [-0.3, -0.25) is 9.69 Å². The number of anilines is 1. The van der Waals surface area contributed by atoms with E-state index in [4.69, 9.17) is 0 Å². The predicted octanol–water partition coefficient (Wildman–Crippen LogP) is 3.01. The van der Waals surface area contributed by atoms with Crippen molar-refractivity contribution in [1.82, 2.24) is 9.88 Å². The average Bonchev–Trinajstić information content (AvgIpc) is 2.86. The highest BCUT2D eigenvalue weighted by atomic mass is 32.1. The largest absolute Gasteiger partial charge is 0.322 e. The minimum absolute atomic E-state index is 0.215. The molecule has 4 nitrogen and oxygen atoms in total. The maximum absolute atomic E-state index is 13.6. The normalized spacial score (nSPS) is 11.0. The van der Waals surface area contributed by atoms with Crippen LogP contribution in [0.2, 0.25) is 0 Å². The van der Waals surface area contributed by atoms with E-state index in [2.05, 4.69) is 10.3 Å². The zero-order chi connectivity index (χ0) is 16.1. The van der Waals surface area contributed by atoms with E-state index < -0.39 is 5.82 Å². The molecule has 1 heterocycles. The number of hydrogen-bond donors (Lipinski definition) is 1. The quantitative estimate of drug-likeness (QED) is 0.889. The van der Waals surface area contributed by atoms with Gasteiger partial charge in [0.1, 0.15) is 5.82 Å². The number of nitrogens with one attached hydrogen (secondary N) is 1. The summed E-state index contributed by atoms with van der Waals surface area (Å²) in [5, 5.41) is 2.62. The summed E-state index contributed by atoms with van der Waals surface area (Å²) >= 11 is 1.63. The van der Waals surface area contributed by atoms with Gasteiger partial charge in [0, 0.05) is 11.4 Å². The lowest BCUT2D eigenvalue weighted by Gasteiger charge is -2.16. The van der Waals surface area contributed by atoms with Crippen molar-refractivity contribution < 1.29 is 9.18 Å². The summed E-state index contributed by atoms with van der Waals surface area (Å²) in [6.45, 7) is 4.83. The number of benzene rings is 1. The van der Waals surface area contributed by atoms with Crippen LogP contribution in [0.5, 0.6) is 0 Å². The fraction of sp³-hybridized carbons (Fsp3) is 0.375. The van der Waals surface area contributed by atoms with Crippen molar-refractivity contribution in [2.45, 2.75) is 20.3 Å². The van der Waals surface area contributed by atoms with Crippen molar-refractivity contribution in [3.63, 3.8) is 0 Å². The minimum Gasteiger partial charge on any atom is -0.322 e. The summed E-state index contributed by atoms with van der Waals surface area (Å²) in [5.74, 6) is -0.630. The molecule has 0 spiro atoms. The third-order valence-corrected chi connectivity index (χ3v) is 4.37. The van der Waals surface area contributed by atoms with Crippen molar-refractivity contribution in [3.05, 3.63) is 45.7 Å². The molecule has 1 aromatic carbocycles. The monoisotopic (exact) mass is 321 g/mol. The maximum atomic E-state index is 13.6. The molecule has 6 heteroatoms. The van der Waals surface area contributed by atoms with Crippen LogP contribution in [0.3, 0.4) is 0 Å².